The fraction of sp³-hybridized carbons (Fsp3) is 0.943. The Morgan fingerprint density at radius 1 is 0.472 bits per heavy atom. The Morgan fingerprint density at radius 3 is 1.33 bits per heavy atom. The molecule has 0 aliphatic carbocycles. The van der Waals surface area contributed by atoms with Gasteiger partial charge in [0, 0.05) is 0 Å². The second kappa shape index (κ2) is 30.9. The van der Waals surface area contributed by atoms with E-state index in [1.165, 1.54) is 180 Å². The molecule has 0 rings (SSSR count). The molecule has 0 aromatic rings. The molecular formula is C35H71N. The van der Waals surface area contributed by atoms with E-state index in [9.17, 15) is 0 Å². The van der Waals surface area contributed by atoms with E-state index < -0.39 is 0 Å². The number of hydrogen-bond donors (Lipinski definition) is 1. The van der Waals surface area contributed by atoms with Crippen molar-refractivity contribution in [1.29, 1.82) is 0 Å². The zero-order chi connectivity index (χ0) is 26.4. The van der Waals surface area contributed by atoms with Crippen LogP contribution in [0, 0.1) is 5.92 Å². The van der Waals surface area contributed by atoms with Gasteiger partial charge in [0.1, 0.15) is 0 Å². The van der Waals surface area contributed by atoms with Crippen LogP contribution in [0.5, 0.6) is 0 Å². The summed E-state index contributed by atoms with van der Waals surface area (Å²) >= 11 is 0. The largest absolute Gasteiger partial charge is 0.330 e. The summed E-state index contributed by atoms with van der Waals surface area (Å²) in [6, 6.07) is 0. The monoisotopic (exact) mass is 506 g/mol. The van der Waals surface area contributed by atoms with E-state index in [-0.39, 0.29) is 0 Å². The lowest BCUT2D eigenvalue weighted by Crippen LogP contribution is -2.06. The SMILES string of the molecule is CCCCCCCC/C=C(\CCCCCCCC)C(CCCCCCCC)CCCCCCCCN. The predicted molar refractivity (Wildman–Crippen MR) is 167 cm³/mol. The molecule has 1 unspecified atom stereocenters. The molecule has 0 aromatic heterocycles. The van der Waals surface area contributed by atoms with Gasteiger partial charge >= 0.3 is 0 Å². The third-order valence-electron chi connectivity index (χ3n) is 8.22. The second-order valence-corrected chi connectivity index (χ2v) is 11.8. The molecule has 0 heterocycles. The van der Waals surface area contributed by atoms with Gasteiger partial charge < -0.3 is 5.73 Å². The summed E-state index contributed by atoms with van der Waals surface area (Å²) in [5.41, 5.74) is 7.55. The Kier molecular flexibility index (Phi) is 30.7. The molecule has 216 valence electrons. The van der Waals surface area contributed by atoms with Gasteiger partial charge in [-0.25, -0.2) is 0 Å². The van der Waals surface area contributed by atoms with E-state index in [2.05, 4.69) is 26.8 Å². The van der Waals surface area contributed by atoms with Crippen LogP contribution in [0.4, 0.5) is 0 Å². The summed E-state index contributed by atoms with van der Waals surface area (Å²) in [7, 11) is 0. The van der Waals surface area contributed by atoms with Gasteiger partial charge in [0.05, 0.1) is 0 Å². The van der Waals surface area contributed by atoms with Crippen molar-refractivity contribution >= 4 is 0 Å². The van der Waals surface area contributed by atoms with Crippen LogP contribution in [-0.4, -0.2) is 6.54 Å². The van der Waals surface area contributed by atoms with Crippen molar-refractivity contribution in [2.45, 2.75) is 201 Å². The first-order chi connectivity index (χ1) is 17.8. The van der Waals surface area contributed by atoms with Crippen LogP contribution in [0.15, 0.2) is 11.6 Å². The molecule has 0 radical (unpaired) electrons. The first-order valence-electron chi connectivity index (χ1n) is 17.2. The van der Waals surface area contributed by atoms with Gasteiger partial charge in [-0.3, -0.25) is 0 Å². The lowest BCUT2D eigenvalue weighted by molar-refractivity contribution is 0.433. The highest BCUT2D eigenvalue weighted by Crippen LogP contribution is 2.30. The lowest BCUT2D eigenvalue weighted by Gasteiger charge is -2.22. The molecule has 1 nitrogen and oxygen atoms in total. The Labute approximate surface area is 230 Å². The van der Waals surface area contributed by atoms with Crippen LogP contribution in [0.25, 0.3) is 0 Å². The van der Waals surface area contributed by atoms with Crippen molar-refractivity contribution in [3.8, 4) is 0 Å². The molecule has 0 bridgehead atoms. The Balaban J connectivity index is 4.80. The van der Waals surface area contributed by atoms with E-state index in [0.29, 0.717) is 0 Å². The average Bonchev–Trinajstić information content (AvgIpc) is 2.89. The van der Waals surface area contributed by atoms with Crippen LogP contribution in [-0.2, 0) is 0 Å². The summed E-state index contributed by atoms with van der Waals surface area (Å²) in [6.45, 7) is 7.84. The normalized spacial score (nSPS) is 12.9. The molecule has 2 N–H and O–H groups in total. The zero-order valence-electron chi connectivity index (χ0n) is 25.7. The maximum atomic E-state index is 5.67. The highest BCUT2D eigenvalue weighted by Gasteiger charge is 2.14. The van der Waals surface area contributed by atoms with Crippen LogP contribution in [0.2, 0.25) is 0 Å². The molecule has 0 saturated carbocycles. The summed E-state index contributed by atoms with van der Waals surface area (Å²) in [5, 5.41) is 0. The van der Waals surface area contributed by atoms with Crippen molar-refractivity contribution in [1.82, 2.24) is 0 Å². The van der Waals surface area contributed by atoms with Gasteiger partial charge in [-0.2, -0.15) is 0 Å². The molecule has 1 heteroatoms. The number of hydrogen-bond acceptors (Lipinski definition) is 1. The molecule has 1 atom stereocenters. The van der Waals surface area contributed by atoms with Crippen molar-refractivity contribution in [2.24, 2.45) is 11.7 Å². The minimum atomic E-state index is 0.867. The second-order valence-electron chi connectivity index (χ2n) is 11.8. The highest BCUT2D eigenvalue weighted by atomic mass is 14.5. The Morgan fingerprint density at radius 2 is 0.861 bits per heavy atom. The van der Waals surface area contributed by atoms with Gasteiger partial charge in [0.25, 0.3) is 0 Å². The molecular weight excluding hydrogens is 434 g/mol. The van der Waals surface area contributed by atoms with E-state index in [4.69, 9.17) is 5.73 Å². The fourth-order valence-corrected chi connectivity index (χ4v) is 5.72. The van der Waals surface area contributed by atoms with E-state index >= 15 is 0 Å². The molecule has 0 aromatic carbocycles. The number of allylic oxidation sites excluding steroid dienone is 2. The van der Waals surface area contributed by atoms with Crippen LogP contribution in [0.3, 0.4) is 0 Å². The molecule has 36 heavy (non-hydrogen) atoms. The lowest BCUT2D eigenvalue weighted by atomic mass is 9.84. The quantitative estimate of drug-likeness (QED) is 0.0762. The van der Waals surface area contributed by atoms with Crippen LogP contribution >= 0.6 is 0 Å². The van der Waals surface area contributed by atoms with Crippen molar-refractivity contribution in [2.75, 3.05) is 6.54 Å². The molecule has 0 amide bonds. The topological polar surface area (TPSA) is 26.0 Å². The molecule has 0 saturated heterocycles. The Hall–Kier alpha value is -0.300. The predicted octanol–water partition coefficient (Wildman–Crippen LogP) is 12.5. The first-order valence-corrected chi connectivity index (χ1v) is 17.2. The van der Waals surface area contributed by atoms with Crippen LogP contribution in [0.1, 0.15) is 201 Å². The van der Waals surface area contributed by atoms with Gasteiger partial charge in [0.2, 0.25) is 0 Å². The van der Waals surface area contributed by atoms with Crippen molar-refractivity contribution in [3.63, 3.8) is 0 Å². The van der Waals surface area contributed by atoms with Crippen molar-refractivity contribution < 1.29 is 0 Å². The average molecular weight is 506 g/mol. The number of unbranched alkanes of at least 4 members (excludes halogenated alkanes) is 21. The maximum absolute atomic E-state index is 5.67. The maximum Gasteiger partial charge on any atom is -0.00773 e. The minimum Gasteiger partial charge on any atom is -0.330 e. The van der Waals surface area contributed by atoms with Gasteiger partial charge in [-0.15, -0.1) is 0 Å². The van der Waals surface area contributed by atoms with E-state index in [1.54, 1.807) is 0 Å². The first kappa shape index (κ1) is 35.7. The highest BCUT2D eigenvalue weighted by molar-refractivity contribution is 5.07. The summed E-state index contributed by atoms with van der Waals surface area (Å²) < 4.78 is 0. The summed E-state index contributed by atoms with van der Waals surface area (Å²) in [6.07, 6.45) is 42.2. The van der Waals surface area contributed by atoms with E-state index in [1.807, 2.05) is 5.57 Å². The third-order valence-corrected chi connectivity index (χ3v) is 8.22. The molecule has 0 fully saturated rings. The van der Waals surface area contributed by atoms with Gasteiger partial charge in [-0.1, -0.05) is 167 Å². The smallest absolute Gasteiger partial charge is 0.00773 e. The van der Waals surface area contributed by atoms with Gasteiger partial charge in [0.15, 0.2) is 0 Å². The molecule has 0 aliphatic rings. The summed E-state index contributed by atoms with van der Waals surface area (Å²) in [5.74, 6) is 0.871. The minimum absolute atomic E-state index is 0.867. The van der Waals surface area contributed by atoms with E-state index in [0.717, 1.165) is 12.5 Å². The van der Waals surface area contributed by atoms with Crippen molar-refractivity contribution in [3.05, 3.63) is 11.6 Å². The standard InChI is InChI=1S/C35H71N/c1-4-7-10-13-16-21-26-31-34(29-24-19-14-11-8-5-2)35(30-25-20-15-12-9-6-3)32-27-22-17-18-23-28-33-36/h31,35H,4-30,32-33,36H2,1-3H3/b34-31+. The van der Waals surface area contributed by atoms with Gasteiger partial charge in [-0.05, 0) is 57.4 Å². The molecule has 0 spiro atoms. The number of nitrogens with two attached hydrogens (primary N) is 1. The Bertz CT molecular complexity index is 426. The van der Waals surface area contributed by atoms with Crippen LogP contribution < -0.4 is 5.73 Å². The summed E-state index contributed by atoms with van der Waals surface area (Å²) in [4.78, 5) is 0. The molecule has 0 aliphatic heterocycles. The number of rotatable bonds is 30. The zero-order valence-corrected chi connectivity index (χ0v) is 25.7. The fourth-order valence-electron chi connectivity index (χ4n) is 5.72. The third kappa shape index (κ3) is 25.4.